The SMILES string of the molecule is COc1cc2c(N)nc(N3CCN(C(=O)CCc4ccc(F)cc4CC(C)N)CC3)nc2c(F)c1OC. The maximum absolute atomic E-state index is 15.1. The summed E-state index contributed by atoms with van der Waals surface area (Å²) in [5.41, 5.74) is 13.8. The van der Waals surface area contributed by atoms with Crippen molar-refractivity contribution in [2.45, 2.75) is 32.2 Å². The molecule has 0 aliphatic carbocycles. The number of hydrogen-bond donors (Lipinski definition) is 2. The summed E-state index contributed by atoms with van der Waals surface area (Å²) < 4.78 is 39.1. The highest BCUT2D eigenvalue weighted by molar-refractivity contribution is 5.92. The van der Waals surface area contributed by atoms with Crippen LogP contribution in [0.2, 0.25) is 0 Å². The molecule has 4 rings (SSSR count). The van der Waals surface area contributed by atoms with E-state index in [2.05, 4.69) is 9.97 Å². The van der Waals surface area contributed by atoms with Crippen LogP contribution in [-0.2, 0) is 17.6 Å². The van der Waals surface area contributed by atoms with E-state index in [0.717, 1.165) is 11.1 Å². The van der Waals surface area contributed by atoms with Gasteiger partial charge in [-0.1, -0.05) is 6.07 Å². The molecule has 0 spiro atoms. The van der Waals surface area contributed by atoms with E-state index < -0.39 is 5.82 Å². The Morgan fingerprint density at radius 3 is 2.46 bits per heavy atom. The van der Waals surface area contributed by atoms with Gasteiger partial charge in [0.05, 0.1) is 14.2 Å². The molecule has 1 fully saturated rings. The van der Waals surface area contributed by atoms with Crippen LogP contribution in [0.1, 0.15) is 24.5 Å². The molecule has 1 aliphatic heterocycles. The Hall–Kier alpha value is -3.73. The van der Waals surface area contributed by atoms with Gasteiger partial charge >= 0.3 is 0 Å². The van der Waals surface area contributed by atoms with E-state index in [0.29, 0.717) is 50.8 Å². The van der Waals surface area contributed by atoms with Crippen molar-refractivity contribution in [1.29, 1.82) is 0 Å². The number of ether oxygens (including phenoxy) is 2. The van der Waals surface area contributed by atoms with Crippen LogP contribution in [0.15, 0.2) is 24.3 Å². The van der Waals surface area contributed by atoms with E-state index in [1.54, 1.807) is 17.0 Å². The number of carbonyl (C=O) groups excluding carboxylic acids is 1. The molecule has 3 aromatic rings. The molecule has 2 heterocycles. The van der Waals surface area contributed by atoms with Crippen LogP contribution in [0.25, 0.3) is 10.9 Å². The summed E-state index contributed by atoms with van der Waals surface area (Å²) in [6.07, 6.45) is 1.37. The van der Waals surface area contributed by atoms with E-state index in [9.17, 15) is 9.18 Å². The van der Waals surface area contributed by atoms with Crippen LogP contribution in [0.3, 0.4) is 0 Å². The van der Waals surface area contributed by atoms with Gasteiger partial charge < -0.3 is 30.7 Å². The number of nitrogens with zero attached hydrogens (tertiary/aromatic N) is 4. The number of carbonyl (C=O) groups is 1. The predicted molar refractivity (Wildman–Crippen MR) is 138 cm³/mol. The van der Waals surface area contributed by atoms with Gasteiger partial charge in [0.15, 0.2) is 17.3 Å². The van der Waals surface area contributed by atoms with Gasteiger partial charge in [0.2, 0.25) is 11.9 Å². The fraction of sp³-hybridized carbons (Fsp3) is 0.423. The second kappa shape index (κ2) is 11.1. The molecule has 11 heteroatoms. The maximum atomic E-state index is 15.1. The first-order chi connectivity index (χ1) is 17.7. The first kappa shape index (κ1) is 26.3. The van der Waals surface area contributed by atoms with E-state index in [1.165, 1.54) is 26.4 Å². The van der Waals surface area contributed by atoms with Crippen molar-refractivity contribution in [1.82, 2.24) is 14.9 Å². The van der Waals surface area contributed by atoms with E-state index in [4.69, 9.17) is 20.9 Å². The van der Waals surface area contributed by atoms with Crippen LogP contribution in [0.5, 0.6) is 11.5 Å². The van der Waals surface area contributed by atoms with Gasteiger partial charge in [-0.05, 0) is 49.1 Å². The lowest BCUT2D eigenvalue weighted by Gasteiger charge is -2.35. The third-order valence-corrected chi connectivity index (χ3v) is 6.53. The maximum Gasteiger partial charge on any atom is 0.228 e. The van der Waals surface area contributed by atoms with E-state index >= 15 is 4.39 Å². The molecule has 4 N–H and O–H groups in total. The van der Waals surface area contributed by atoms with Gasteiger partial charge in [0.1, 0.15) is 17.2 Å². The quantitative estimate of drug-likeness (QED) is 0.471. The molecule has 1 atom stereocenters. The summed E-state index contributed by atoms with van der Waals surface area (Å²) in [5, 5.41) is 0.330. The normalized spacial score (nSPS) is 14.6. The molecule has 1 amide bonds. The average molecular weight is 515 g/mol. The summed E-state index contributed by atoms with van der Waals surface area (Å²) >= 11 is 0. The lowest BCUT2D eigenvalue weighted by molar-refractivity contribution is -0.131. The molecule has 1 aromatic heterocycles. The molecule has 0 saturated carbocycles. The number of benzene rings is 2. The smallest absolute Gasteiger partial charge is 0.228 e. The van der Waals surface area contributed by atoms with Crippen LogP contribution in [-0.4, -0.2) is 67.2 Å². The van der Waals surface area contributed by atoms with Crippen molar-refractivity contribution in [3.8, 4) is 11.5 Å². The monoisotopic (exact) mass is 514 g/mol. The largest absolute Gasteiger partial charge is 0.493 e. The lowest BCUT2D eigenvalue weighted by atomic mass is 9.97. The second-order valence-electron chi connectivity index (χ2n) is 9.19. The third-order valence-electron chi connectivity index (χ3n) is 6.53. The fourth-order valence-electron chi connectivity index (χ4n) is 4.61. The Morgan fingerprint density at radius 2 is 1.81 bits per heavy atom. The highest BCUT2D eigenvalue weighted by Crippen LogP contribution is 2.37. The number of amides is 1. The average Bonchev–Trinajstić information content (AvgIpc) is 2.88. The zero-order chi connectivity index (χ0) is 26.7. The molecular formula is C26H32F2N6O3. The minimum atomic E-state index is -0.676. The van der Waals surface area contributed by atoms with Crippen molar-refractivity contribution in [3.05, 3.63) is 47.0 Å². The zero-order valence-corrected chi connectivity index (χ0v) is 21.3. The Kier molecular flexibility index (Phi) is 7.91. The molecular weight excluding hydrogens is 482 g/mol. The Labute approximate surface area is 214 Å². The molecule has 1 saturated heterocycles. The van der Waals surface area contributed by atoms with Crippen molar-refractivity contribution in [2.75, 3.05) is 51.0 Å². The number of nitrogen functional groups attached to an aromatic ring is 1. The number of aromatic nitrogens is 2. The summed E-state index contributed by atoms with van der Waals surface area (Å²) in [5.74, 6) is -0.415. The number of fused-ring (bicyclic) bond motifs is 1. The number of anilines is 2. The number of rotatable bonds is 8. The summed E-state index contributed by atoms with van der Waals surface area (Å²) in [4.78, 5) is 25.3. The lowest BCUT2D eigenvalue weighted by Crippen LogP contribution is -2.49. The molecule has 9 nitrogen and oxygen atoms in total. The summed E-state index contributed by atoms with van der Waals surface area (Å²) in [6, 6.07) is 6.07. The molecule has 1 unspecified atom stereocenters. The Balaban J connectivity index is 1.42. The van der Waals surface area contributed by atoms with Gasteiger partial charge in [-0.25, -0.2) is 13.8 Å². The highest BCUT2D eigenvalue weighted by Gasteiger charge is 2.25. The number of piperazine rings is 1. The van der Waals surface area contributed by atoms with Crippen LogP contribution in [0, 0.1) is 11.6 Å². The molecule has 1 aliphatic rings. The number of halogens is 2. The summed E-state index contributed by atoms with van der Waals surface area (Å²) in [6.45, 7) is 3.74. The Bertz CT molecular complexity index is 1300. The number of methoxy groups -OCH3 is 2. The number of aryl methyl sites for hydroxylation is 1. The number of nitrogens with two attached hydrogens (primary N) is 2. The van der Waals surface area contributed by atoms with Crippen molar-refractivity contribution in [2.24, 2.45) is 5.73 Å². The van der Waals surface area contributed by atoms with Gasteiger partial charge in [-0.2, -0.15) is 4.98 Å². The van der Waals surface area contributed by atoms with Crippen LogP contribution >= 0.6 is 0 Å². The topological polar surface area (TPSA) is 120 Å². The first-order valence-electron chi connectivity index (χ1n) is 12.1. The van der Waals surface area contributed by atoms with Crippen molar-refractivity contribution >= 4 is 28.6 Å². The van der Waals surface area contributed by atoms with Gasteiger partial charge in [-0.15, -0.1) is 0 Å². The molecule has 2 aromatic carbocycles. The Morgan fingerprint density at radius 1 is 1.08 bits per heavy atom. The van der Waals surface area contributed by atoms with Crippen LogP contribution in [0.4, 0.5) is 20.5 Å². The van der Waals surface area contributed by atoms with Crippen molar-refractivity contribution in [3.63, 3.8) is 0 Å². The molecule has 0 radical (unpaired) electrons. The van der Waals surface area contributed by atoms with Gasteiger partial charge in [0.25, 0.3) is 0 Å². The predicted octanol–water partition coefficient (Wildman–Crippen LogP) is 2.68. The number of hydrogen-bond acceptors (Lipinski definition) is 8. The molecule has 198 valence electrons. The highest BCUT2D eigenvalue weighted by atomic mass is 19.1. The summed E-state index contributed by atoms with van der Waals surface area (Å²) in [7, 11) is 2.76. The minimum Gasteiger partial charge on any atom is -0.493 e. The standard InChI is InChI=1S/C26H32F2N6O3/c1-15(29)12-17-13-18(27)6-4-16(17)5-7-21(35)33-8-10-34(11-9-33)26-31-23-19(25(30)32-26)14-20(36-2)24(37-3)22(23)28/h4,6,13-15H,5,7-12,29H2,1-3H3,(H2,30,31,32). The third kappa shape index (κ3) is 5.66. The van der Waals surface area contributed by atoms with Gasteiger partial charge in [0, 0.05) is 44.0 Å². The van der Waals surface area contributed by atoms with E-state index in [-0.39, 0.29) is 46.5 Å². The molecule has 0 bridgehead atoms. The molecule has 37 heavy (non-hydrogen) atoms. The fourth-order valence-corrected chi connectivity index (χ4v) is 4.61. The zero-order valence-electron chi connectivity index (χ0n) is 21.3. The van der Waals surface area contributed by atoms with E-state index in [1.807, 2.05) is 11.8 Å². The first-order valence-corrected chi connectivity index (χ1v) is 12.1. The second-order valence-corrected chi connectivity index (χ2v) is 9.19. The minimum absolute atomic E-state index is 0.0116. The van der Waals surface area contributed by atoms with Crippen LogP contribution < -0.4 is 25.8 Å². The van der Waals surface area contributed by atoms with Gasteiger partial charge in [-0.3, -0.25) is 4.79 Å². The van der Waals surface area contributed by atoms with Crippen molar-refractivity contribution < 1.29 is 23.0 Å².